The van der Waals surface area contributed by atoms with Crippen LogP contribution in [0, 0.1) is 0 Å². The maximum atomic E-state index is 11.5. The van der Waals surface area contributed by atoms with E-state index in [1.807, 2.05) is 24.3 Å². The number of hydrogen-bond acceptors (Lipinski definition) is 2. The zero-order valence-electron chi connectivity index (χ0n) is 10.6. The van der Waals surface area contributed by atoms with Crippen molar-refractivity contribution in [1.29, 1.82) is 0 Å². The topological polar surface area (TPSA) is 43.1 Å². The van der Waals surface area contributed by atoms with Gasteiger partial charge in [0, 0.05) is 16.2 Å². The molecule has 0 bridgehead atoms. The zero-order valence-corrected chi connectivity index (χ0v) is 11.5. The van der Waals surface area contributed by atoms with Crippen LogP contribution in [-0.4, -0.2) is 5.91 Å². The number of rotatable bonds is 4. The highest BCUT2D eigenvalue weighted by molar-refractivity contribution is 7.12. The normalized spacial score (nSPS) is 10.8. The van der Waals surface area contributed by atoms with E-state index >= 15 is 0 Å². The molecule has 18 heavy (non-hydrogen) atoms. The van der Waals surface area contributed by atoms with Gasteiger partial charge in [-0.1, -0.05) is 44.2 Å². The molecule has 2 N–H and O–H groups in total. The van der Waals surface area contributed by atoms with Crippen molar-refractivity contribution in [2.24, 2.45) is 5.73 Å². The number of carbonyl (C=O) groups excluding carboxylic acids is 1. The Hall–Kier alpha value is -1.61. The van der Waals surface area contributed by atoms with E-state index in [-0.39, 0.29) is 5.91 Å². The number of thiophene rings is 1. The molecule has 1 heterocycles. The van der Waals surface area contributed by atoms with Gasteiger partial charge in [0.05, 0.1) is 5.56 Å². The van der Waals surface area contributed by atoms with Crippen LogP contribution >= 0.6 is 11.3 Å². The van der Waals surface area contributed by atoms with Crippen LogP contribution in [0.5, 0.6) is 0 Å². The first-order valence-corrected chi connectivity index (χ1v) is 6.86. The van der Waals surface area contributed by atoms with Gasteiger partial charge < -0.3 is 5.73 Å². The summed E-state index contributed by atoms with van der Waals surface area (Å²) >= 11 is 1.69. The lowest BCUT2D eigenvalue weighted by molar-refractivity contribution is 0.1000. The molecule has 0 aliphatic rings. The molecule has 0 spiro atoms. The standard InChI is InChI=1S/C15H17NOS/c1-10(2)13-9-12(15(16)17)14(18-13)8-11-6-4-3-5-7-11/h3-7,9-10H,8H2,1-2H3,(H2,16,17). The molecule has 0 atom stereocenters. The molecule has 0 radical (unpaired) electrons. The molecule has 0 unspecified atom stereocenters. The maximum absolute atomic E-state index is 11.5. The first kappa shape index (κ1) is 12.8. The summed E-state index contributed by atoms with van der Waals surface area (Å²) in [4.78, 5) is 13.8. The number of benzene rings is 1. The zero-order chi connectivity index (χ0) is 13.1. The van der Waals surface area contributed by atoms with Crippen molar-refractivity contribution in [2.75, 3.05) is 0 Å². The van der Waals surface area contributed by atoms with E-state index in [1.165, 1.54) is 10.4 Å². The largest absolute Gasteiger partial charge is 0.366 e. The highest BCUT2D eigenvalue weighted by Crippen LogP contribution is 2.30. The summed E-state index contributed by atoms with van der Waals surface area (Å²) in [6.45, 7) is 4.26. The van der Waals surface area contributed by atoms with Gasteiger partial charge in [-0.2, -0.15) is 0 Å². The maximum Gasteiger partial charge on any atom is 0.249 e. The summed E-state index contributed by atoms with van der Waals surface area (Å²) in [5.74, 6) is 0.0988. The third kappa shape index (κ3) is 2.79. The second kappa shape index (κ2) is 5.36. The summed E-state index contributed by atoms with van der Waals surface area (Å²) in [5.41, 5.74) is 7.33. The minimum atomic E-state index is -0.330. The molecule has 1 amide bonds. The third-order valence-electron chi connectivity index (χ3n) is 2.87. The van der Waals surface area contributed by atoms with Gasteiger partial charge in [-0.25, -0.2) is 0 Å². The van der Waals surface area contributed by atoms with Crippen molar-refractivity contribution in [3.63, 3.8) is 0 Å². The summed E-state index contributed by atoms with van der Waals surface area (Å²) in [5, 5.41) is 0. The third-order valence-corrected chi connectivity index (χ3v) is 4.31. The Morgan fingerprint density at radius 3 is 2.50 bits per heavy atom. The van der Waals surface area contributed by atoms with Crippen molar-refractivity contribution in [3.8, 4) is 0 Å². The lowest BCUT2D eigenvalue weighted by Crippen LogP contribution is -2.11. The first-order valence-electron chi connectivity index (χ1n) is 6.04. The van der Waals surface area contributed by atoms with E-state index in [4.69, 9.17) is 5.73 Å². The Kier molecular flexibility index (Phi) is 3.82. The van der Waals surface area contributed by atoms with Gasteiger partial charge >= 0.3 is 0 Å². The van der Waals surface area contributed by atoms with Crippen LogP contribution in [0.2, 0.25) is 0 Å². The van der Waals surface area contributed by atoms with Crippen molar-refractivity contribution in [2.45, 2.75) is 26.2 Å². The Balaban J connectivity index is 2.34. The van der Waals surface area contributed by atoms with Crippen LogP contribution in [0.25, 0.3) is 0 Å². The second-order valence-corrected chi connectivity index (χ2v) is 5.84. The highest BCUT2D eigenvalue weighted by atomic mass is 32.1. The number of primary amides is 1. The van der Waals surface area contributed by atoms with Gasteiger partial charge in [0.15, 0.2) is 0 Å². The van der Waals surface area contributed by atoms with E-state index < -0.39 is 0 Å². The van der Waals surface area contributed by atoms with Crippen LogP contribution in [0.3, 0.4) is 0 Å². The monoisotopic (exact) mass is 259 g/mol. The number of amides is 1. The molecule has 1 aromatic carbocycles. The highest BCUT2D eigenvalue weighted by Gasteiger charge is 2.15. The average Bonchev–Trinajstić information content (AvgIpc) is 2.74. The molecule has 0 fully saturated rings. The lowest BCUT2D eigenvalue weighted by atomic mass is 10.1. The van der Waals surface area contributed by atoms with Crippen LogP contribution in [-0.2, 0) is 6.42 Å². The van der Waals surface area contributed by atoms with E-state index in [1.54, 1.807) is 11.3 Å². The van der Waals surface area contributed by atoms with Crippen LogP contribution < -0.4 is 5.73 Å². The van der Waals surface area contributed by atoms with Crippen molar-refractivity contribution >= 4 is 17.2 Å². The van der Waals surface area contributed by atoms with Crippen LogP contribution in [0.15, 0.2) is 36.4 Å². The van der Waals surface area contributed by atoms with Gasteiger partial charge in [-0.15, -0.1) is 11.3 Å². The predicted molar refractivity (Wildman–Crippen MR) is 76.2 cm³/mol. The van der Waals surface area contributed by atoms with Crippen molar-refractivity contribution in [1.82, 2.24) is 0 Å². The number of nitrogens with two attached hydrogens (primary N) is 1. The quantitative estimate of drug-likeness (QED) is 0.896. The fourth-order valence-corrected chi connectivity index (χ4v) is 3.06. The van der Waals surface area contributed by atoms with Crippen LogP contribution in [0.1, 0.15) is 45.4 Å². The predicted octanol–water partition coefficient (Wildman–Crippen LogP) is 3.56. The molecule has 2 rings (SSSR count). The Morgan fingerprint density at radius 1 is 1.28 bits per heavy atom. The Labute approximate surface area is 111 Å². The van der Waals surface area contributed by atoms with Gasteiger partial charge in [0.2, 0.25) is 5.91 Å². The summed E-state index contributed by atoms with van der Waals surface area (Å²) < 4.78 is 0. The molecular formula is C15H17NOS. The minimum absolute atomic E-state index is 0.330. The molecule has 0 saturated carbocycles. The SMILES string of the molecule is CC(C)c1cc(C(N)=O)c(Cc2ccccc2)s1. The molecule has 0 aliphatic heterocycles. The molecule has 2 aromatic rings. The van der Waals surface area contributed by atoms with E-state index in [0.717, 1.165) is 11.3 Å². The number of hydrogen-bond donors (Lipinski definition) is 1. The van der Waals surface area contributed by atoms with Gasteiger partial charge in [0.25, 0.3) is 0 Å². The van der Waals surface area contributed by atoms with Gasteiger partial charge in [-0.05, 0) is 17.5 Å². The van der Waals surface area contributed by atoms with Crippen molar-refractivity contribution < 1.29 is 4.79 Å². The molecule has 3 heteroatoms. The van der Waals surface area contributed by atoms with E-state index in [0.29, 0.717) is 11.5 Å². The summed E-state index contributed by atoms with van der Waals surface area (Å²) in [6.07, 6.45) is 0.774. The Morgan fingerprint density at radius 2 is 1.94 bits per heavy atom. The molecule has 0 saturated heterocycles. The fraction of sp³-hybridized carbons (Fsp3) is 0.267. The fourth-order valence-electron chi connectivity index (χ4n) is 1.86. The van der Waals surface area contributed by atoms with E-state index in [9.17, 15) is 4.79 Å². The lowest BCUT2D eigenvalue weighted by Gasteiger charge is -2.01. The second-order valence-electron chi connectivity index (χ2n) is 4.67. The Bertz CT molecular complexity index is 543. The summed E-state index contributed by atoms with van der Waals surface area (Å²) in [6, 6.07) is 12.1. The summed E-state index contributed by atoms with van der Waals surface area (Å²) in [7, 11) is 0. The molecule has 2 nitrogen and oxygen atoms in total. The molecular weight excluding hydrogens is 242 g/mol. The molecule has 1 aromatic heterocycles. The average molecular weight is 259 g/mol. The molecule has 94 valence electrons. The first-order chi connectivity index (χ1) is 8.58. The van der Waals surface area contributed by atoms with Gasteiger partial charge in [-0.3, -0.25) is 4.79 Å². The minimum Gasteiger partial charge on any atom is -0.366 e. The van der Waals surface area contributed by atoms with E-state index in [2.05, 4.69) is 26.0 Å². The van der Waals surface area contributed by atoms with Crippen molar-refractivity contribution in [3.05, 3.63) is 57.3 Å². The number of carbonyl (C=O) groups is 1. The van der Waals surface area contributed by atoms with Crippen LogP contribution in [0.4, 0.5) is 0 Å². The molecule has 0 aliphatic carbocycles. The van der Waals surface area contributed by atoms with Gasteiger partial charge in [0.1, 0.15) is 0 Å². The smallest absolute Gasteiger partial charge is 0.249 e.